The second-order valence-electron chi connectivity index (χ2n) is 6.64. The second-order valence-corrected chi connectivity index (χ2v) is 8.32. The van der Waals surface area contributed by atoms with Crippen LogP contribution in [0.4, 0.5) is 0 Å². The number of para-hydroxylation sites is 1. The quantitative estimate of drug-likeness (QED) is 0.620. The minimum Gasteiger partial charge on any atom is -0.480 e. The van der Waals surface area contributed by atoms with Gasteiger partial charge in [0.05, 0.1) is 0 Å². The van der Waals surface area contributed by atoms with Crippen LogP contribution in [0.15, 0.2) is 47.4 Å². The van der Waals surface area contributed by atoms with E-state index in [1.165, 1.54) is 18.2 Å². The monoisotopic (exact) mass is 405 g/mol. The van der Waals surface area contributed by atoms with Crippen molar-refractivity contribution < 1.29 is 27.9 Å². The van der Waals surface area contributed by atoms with Gasteiger partial charge in [-0.25, -0.2) is 8.42 Å². The summed E-state index contributed by atoms with van der Waals surface area (Å²) in [5.74, 6) is -0.570. The Morgan fingerprint density at radius 3 is 2.46 bits per heavy atom. The Morgan fingerprint density at radius 2 is 1.89 bits per heavy atom. The molecule has 1 atom stereocenters. The Labute approximate surface area is 164 Å². The van der Waals surface area contributed by atoms with Gasteiger partial charge in [-0.3, -0.25) is 4.79 Å². The van der Waals surface area contributed by atoms with Crippen molar-refractivity contribution in [2.75, 3.05) is 0 Å². The van der Waals surface area contributed by atoms with Crippen LogP contribution < -0.4 is 9.46 Å². The first-order valence-corrected chi connectivity index (χ1v) is 10.2. The van der Waals surface area contributed by atoms with Crippen molar-refractivity contribution in [3.8, 4) is 11.5 Å². The van der Waals surface area contributed by atoms with E-state index in [0.717, 1.165) is 11.1 Å². The van der Waals surface area contributed by atoms with Crippen molar-refractivity contribution in [3.05, 3.63) is 53.6 Å². The van der Waals surface area contributed by atoms with Gasteiger partial charge in [0.1, 0.15) is 28.7 Å². The van der Waals surface area contributed by atoms with E-state index in [-0.39, 0.29) is 10.6 Å². The van der Waals surface area contributed by atoms with E-state index in [1.54, 1.807) is 12.1 Å². The SMILES string of the molecule is Cc1cc(Oc2ccccc2S(=O)(=O)NC(CC=O)C(=O)O)ccc1C(C)C. The highest BCUT2D eigenvalue weighted by Crippen LogP contribution is 2.31. The number of carboxylic acids is 1. The number of carboxylic acid groups (broad SMARTS) is 1. The predicted molar refractivity (Wildman–Crippen MR) is 104 cm³/mol. The zero-order valence-corrected chi connectivity index (χ0v) is 16.7. The van der Waals surface area contributed by atoms with Gasteiger partial charge in [0.2, 0.25) is 10.0 Å². The molecule has 0 aliphatic heterocycles. The minimum absolute atomic E-state index is 0.0574. The van der Waals surface area contributed by atoms with E-state index in [9.17, 15) is 18.0 Å². The number of aryl methyl sites for hydroxylation is 1. The van der Waals surface area contributed by atoms with Gasteiger partial charge >= 0.3 is 5.97 Å². The van der Waals surface area contributed by atoms with Crippen molar-refractivity contribution in [2.24, 2.45) is 0 Å². The third-order valence-electron chi connectivity index (χ3n) is 4.16. The first kappa shape index (κ1) is 21.6. The maximum Gasteiger partial charge on any atom is 0.322 e. The topological polar surface area (TPSA) is 110 Å². The molecular weight excluding hydrogens is 382 g/mol. The lowest BCUT2D eigenvalue weighted by molar-refractivity contribution is -0.139. The maximum atomic E-state index is 12.7. The highest BCUT2D eigenvalue weighted by atomic mass is 32.2. The van der Waals surface area contributed by atoms with Gasteiger partial charge in [0.15, 0.2) is 0 Å². The molecule has 0 aliphatic rings. The molecule has 2 aromatic carbocycles. The largest absolute Gasteiger partial charge is 0.480 e. The average molecular weight is 405 g/mol. The number of carbonyl (C=O) groups is 2. The normalized spacial score (nSPS) is 12.6. The van der Waals surface area contributed by atoms with Crippen LogP contribution in [0.5, 0.6) is 11.5 Å². The molecule has 0 saturated heterocycles. The van der Waals surface area contributed by atoms with Crippen LogP contribution in [0, 0.1) is 6.92 Å². The fourth-order valence-electron chi connectivity index (χ4n) is 2.79. The molecule has 1 unspecified atom stereocenters. The summed E-state index contributed by atoms with van der Waals surface area (Å²) in [7, 11) is -4.22. The second kappa shape index (κ2) is 8.99. The molecule has 2 aromatic rings. The zero-order chi connectivity index (χ0) is 20.9. The van der Waals surface area contributed by atoms with Gasteiger partial charge in [-0.05, 0) is 48.2 Å². The number of benzene rings is 2. The van der Waals surface area contributed by atoms with Gasteiger partial charge < -0.3 is 14.6 Å². The molecule has 0 fully saturated rings. The van der Waals surface area contributed by atoms with Crippen LogP contribution in [0.2, 0.25) is 0 Å². The minimum atomic E-state index is -4.22. The van der Waals surface area contributed by atoms with E-state index in [4.69, 9.17) is 9.84 Å². The number of hydrogen-bond donors (Lipinski definition) is 2. The smallest absolute Gasteiger partial charge is 0.322 e. The molecule has 2 N–H and O–H groups in total. The van der Waals surface area contributed by atoms with E-state index >= 15 is 0 Å². The lowest BCUT2D eigenvalue weighted by Crippen LogP contribution is -2.41. The molecule has 0 bridgehead atoms. The zero-order valence-electron chi connectivity index (χ0n) is 15.9. The van der Waals surface area contributed by atoms with Gasteiger partial charge in [0.25, 0.3) is 0 Å². The first-order valence-electron chi connectivity index (χ1n) is 8.72. The van der Waals surface area contributed by atoms with Crippen LogP contribution in [0.25, 0.3) is 0 Å². The lowest BCUT2D eigenvalue weighted by atomic mass is 9.98. The number of ether oxygens (including phenoxy) is 1. The average Bonchev–Trinajstić information content (AvgIpc) is 2.61. The van der Waals surface area contributed by atoms with E-state index in [0.29, 0.717) is 18.0 Å². The van der Waals surface area contributed by atoms with Crippen molar-refractivity contribution in [2.45, 2.75) is 44.0 Å². The van der Waals surface area contributed by atoms with Crippen molar-refractivity contribution in [1.82, 2.24) is 4.72 Å². The summed E-state index contributed by atoms with van der Waals surface area (Å²) >= 11 is 0. The Balaban J connectivity index is 2.35. The van der Waals surface area contributed by atoms with Crippen molar-refractivity contribution in [3.63, 3.8) is 0 Å². The van der Waals surface area contributed by atoms with Crippen LogP contribution in [0.3, 0.4) is 0 Å². The number of nitrogens with one attached hydrogen (secondary N) is 1. The maximum absolute atomic E-state index is 12.7. The third-order valence-corrected chi connectivity index (χ3v) is 5.67. The van der Waals surface area contributed by atoms with Gasteiger partial charge in [-0.2, -0.15) is 4.72 Å². The Hall–Kier alpha value is -2.71. The van der Waals surface area contributed by atoms with E-state index < -0.39 is 28.5 Å². The molecule has 28 heavy (non-hydrogen) atoms. The number of hydrogen-bond acceptors (Lipinski definition) is 5. The van der Waals surface area contributed by atoms with Crippen LogP contribution >= 0.6 is 0 Å². The molecule has 0 aliphatic carbocycles. The van der Waals surface area contributed by atoms with E-state index in [2.05, 4.69) is 13.8 Å². The molecule has 7 nitrogen and oxygen atoms in total. The molecule has 0 heterocycles. The Kier molecular flexibility index (Phi) is 6.93. The molecule has 150 valence electrons. The van der Waals surface area contributed by atoms with Gasteiger partial charge in [-0.15, -0.1) is 0 Å². The fourth-order valence-corrected chi connectivity index (χ4v) is 4.12. The predicted octanol–water partition coefficient (Wildman–Crippen LogP) is 3.23. The highest BCUT2D eigenvalue weighted by molar-refractivity contribution is 7.89. The van der Waals surface area contributed by atoms with Crippen molar-refractivity contribution in [1.29, 1.82) is 0 Å². The summed E-state index contributed by atoms with van der Waals surface area (Å²) in [6.07, 6.45) is -0.129. The van der Waals surface area contributed by atoms with Gasteiger partial charge in [0, 0.05) is 6.42 Å². The number of aldehydes is 1. The molecular formula is C20H23NO6S. The number of carbonyl (C=O) groups excluding carboxylic acids is 1. The molecule has 0 aromatic heterocycles. The summed E-state index contributed by atoms with van der Waals surface area (Å²) in [5, 5.41) is 9.10. The molecule has 8 heteroatoms. The molecule has 0 spiro atoms. The summed E-state index contributed by atoms with van der Waals surface area (Å²) in [4.78, 5) is 21.6. The Morgan fingerprint density at radius 1 is 1.21 bits per heavy atom. The summed E-state index contributed by atoms with van der Waals surface area (Å²) in [6, 6.07) is 9.86. The molecule has 0 radical (unpaired) electrons. The van der Waals surface area contributed by atoms with Crippen LogP contribution in [0.1, 0.15) is 37.3 Å². The van der Waals surface area contributed by atoms with Crippen molar-refractivity contribution >= 4 is 22.3 Å². The summed E-state index contributed by atoms with van der Waals surface area (Å²) in [6.45, 7) is 6.10. The van der Waals surface area contributed by atoms with Crippen LogP contribution in [-0.2, 0) is 19.6 Å². The molecule has 2 rings (SSSR count). The number of sulfonamides is 1. The summed E-state index contributed by atoms with van der Waals surface area (Å²) in [5.41, 5.74) is 2.18. The number of aliphatic carboxylic acids is 1. The first-order chi connectivity index (χ1) is 13.2. The van der Waals surface area contributed by atoms with E-state index in [1.807, 2.05) is 23.8 Å². The molecule has 0 amide bonds. The number of rotatable bonds is 9. The van der Waals surface area contributed by atoms with Crippen LogP contribution in [-0.4, -0.2) is 31.8 Å². The summed E-state index contributed by atoms with van der Waals surface area (Å²) < 4.78 is 33.2. The fraction of sp³-hybridized carbons (Fsp3) is 0.300. The third kappa shape index (κ3) is 5.17. The van der Waals surface area contributed by atoms with Gasteiger partial charge in [-0.1, -0.05) is 32.0 Å². The standard InChI is InChI=1S/C20H23NO6S/c1-13(2)16-9-8-15(12-14(16)3)27-18-6-4-5-7-19(18)28(25,26)21-17(10-11-22)20(23)24/h4-9,11-13,17,21H,10H2,1-3H3,(H,23,24). The lowest BCUT2D eigenvalue weighted by Gasteiger charge is -2.16. The Bertz CT molecular complexity index is 968. The highest BCUT2D eigenvalue weighted by Gasteiger charge is 2.27. The molecule has 0 saturated carbocycles.